The second-order valence-corrected chi connectivity index (χ2v) is 13.9. The van der Waals surface area contributed by atoms with Crippen LogP contribution in [0.5, 0.6) is 5.75 Å². The van der Waals surface area contributed by atoms with E-state index < -0.39 is 21.5 Å². The molecule has 40 heavy (non-hydrogen) atoms. The zero-order valence-corrected chi connectivity index (χ0v) is 26.9. The van der Waals surface area contributed by atoms with Crippen LogP contribution in [-0.4, -0.2) is 51.1 Å². The number of nitrogens with zero attached hydrogens (tertiary/aromatic N) is 1. The van der Waals surface area contributed by atoms with Gasteiger partial charge < -0.3 is 14.8 Å². The summed E-state index contributed by atoms with van der Waals surface area (Å²) in [5.41, 5.74) is 2.05. The minimum Gasteiger partial charge on any atom is -0.495 e. The van der Waals surface area contributed by atoms with Crippen LogP contribution >= 0.6 is 39.0 Å². The maximum atomic E-state index is 14.0. The predicted molar refractivity (Wildman–Crippen MR) is 165 cm³/mol. The number of nitrogens with one attached hydrogen (secondary N) is 2. The summed E-state index contributed by atoms with van der Waals surface area (Å²) in [4.78, 5) is 28.3. The Labute approximate surface area is 250 Å². The first-order chi connectivity index (χ1) is 18.8. The number of anilines is 1. The number of benzene rings is 2. The minimum atomic E-state index is -4.07. The van der Waals surface area contributed by atoms with E-state index in [9.17, 15) is 18.0 Å². The second-order valence-electron chi connectivity index (χ2n) is 9.39. The Balaban J connectivity index is 2.05. The molecule has 0 aliphatic heterocycles. The summed E-state index contributed by atoms with van der Waals surface area (Å²) in [6.45, 7) is 7.12. The highest BCUT2D eigenvalue weighted by Crippen LogP contribution is 2.44. The quantitative estimate of drug-likeness (QED) is 0.111. The average Bonchev–Trinajstić information content (AvgIpc) is 3.31. The van der Waals surface area contributed by atoms with Gasteiger partial charge in [0.25, 0.3) is 0 Å². The topological polar surface area (TPSA) is 123 Å². The molecule has 2 N–H and O–H groups in total. The Bertz CT molecular complexity index is 1550. The molecule has 0 fully saturated rings. The van der Waals surface area contributed by atoms with Gasteiger partial charge in [0, 0.05) is 11.3 Å². The standard InChI is InChI=1S/C27H30BrN3O6S3/c1-16-8-7-9-18(31-22(32)14-28)24(16)17-10-11-19(36-5)20(12-17)40(34,35)21-13-23(39-25(21)38-6)29-15-30-26(33)37-27(2,3)4/h7-13,15H,14H2,1-6H3,(H,31,32)(H,29,30,33). The smallest absolute Gasteiger partial charge is 0.412 e. The van der Waals surface area contributed by atoms with Gasteiger partial charge in [0.15, 0.2) is 0 Å². The molecule has 0 unspecified atom stereocenters. The van der Waals surface area contributed by atoms with Crippen LogP contribution in [0.15, 0.2) is 61.5 Å². The fourth-order valence-electron chi connectivity index (χ4n) is 3.69. The third kappa shape index (κ3) is 7.65. The van der Waals surface area contributed by atoms with E-state index in [0.717, 1.165) is 5.56 Å². The molecule has 13 heteroatoms. The lowest BCUT2D eigenvalue weighted by Crippen LogP contribution is -2.31. The van der Waals surface area contributed by atoms with Crippen molar-refractivity contribution in [1.29, 1.82) is 0 Å². The Morgan fingerprint density at radius 1 is 1.15 bits per heavy atom. The van der Waals surface area contributed by atoms with E-state index in [1.807, 2.05) is 19.1 Å². The molecule has 0 saturated carbocycles. The van der Waals surface area contributed by atoms with Gasteiger partial charge in [-0.3, -0.25) is 10.1 Å². The number of ether oxygens (including phenoxy) is 2. The molecule has 3 aromatic rings. The number of halogens is 1. The monoisotopic (exact) mass is 667 g/mol. The molecule has 0 bridgehead atoms. The largest absolute Gasteiger partial charge is 0.495 e. The molecule has 214 valence electrons. The van der Waals surface area contributed by atoms with Crippen LogP contribution in [0.1, 0.15) is 26.3 Å². The van der Waals surface area contributed by atoms with E-state index in [0.29, 0.717) is 26.0 Å². The third-order valence-corrected chi connectivity index (χ3v) is 10.1. The van der Waals surface area contributed by atoms with E-state index in [4.69, 9.17) is 9.47 Å². The number of carbonyl (C=O) groups excluding carboxylic acids is 2. The van der Waals surface area contributed by atoms with E-state index in [2.05, 4.69) is 31.6 Å². The Hall–Kier alpha value is -2.87. The molecular formula is C27H30BrN3O6S3. The van der Waals surface area contributed by atoms with Crippen molar-refractivity contribution in [3.8, 4) is 16.9 Å². The van der Waals surface area contributed by atoms with Crippen molar-refractivity contribution in [3.05, 3.63) is 48.0 Å². The van der Waals surface area contributed by atoms with Gasteiger partial charge >= 0.3 is 6.09 Å². The van der Waals surface area contributed by atoms with E-state index in [1.165, 1.54) is 42.6 Å². The molecule has 3 rings (SSSR count). The summed E-state index contributed by atoms with van der Waals surface area (Å²) in [7, 11) is -2.66. The summed E-state index contributed by atoms with van der Waals surface area (Å²) in [6.07, 6.45) is 2.27. The van der Waals surface area contributed by atoms with Gasteiger partial charge in [0.05, 0.1) is 27.9 Å². The van der Waals surface area contributed by atoms with Gasteiger partial charge in [-0.1, -0.05) is 34.1 Å². The summed E-state index contributed by atoms with van der Waals surface area (Å²) < 4.78 is 39.2. The molecule has 0 radical (unpaired) electrons. The lowest BCUT2D eigenvalue weighted by atomic mass is 9.98. The molecule has 0 atom stereocenters. The number of amides is 2. The number of methoxy groups -OCH3 is 1. The molecular weight excluding hydrogens is 638 g/mol. The summed E-state index contributed by atoms with van der Waals surface area (Å²) >= 11 is 5.61. The molecule has 0 aliphatic rings. The lowest BCUT2D eigenvalue weighted by Gasteiger charge is -2.18. The van der Waals surface area contributed by atoms with E-state index in [1.54, 1.807) is 51.3 Å². The molecule has 1 heterocycles. The number of aryl methyl sites for hydroxylation is 1. The van der Waals surface area contributed by atoms with Crippen LogP contribution in [0.4, 0.5) is 15.5 Å². The number of thioether (sulfide) groups is 1. The number of sulfone groups is 1. The number of alkyl halides is 1. The van der Waals surface area contributed by atoms with Crippen molar-refractivity contribution < 1.29 is 27.5 Å². The van der Waals surface area contributed by atoms with Gasteiger partial charge in [-0.05, 0) is 69.3 Å². The van der Waals surface area contributed by atoms with Crippen molar-refractivity contribution in [3.63, 3.8) is 0 Å². The Kier molecular flexibility index (Phi) is 10.4. The van der Waals surface area contributed by atoms with Gasteiger partial charge in [-0.25, -0.2) is 18.2 Å². The molecule has 0 aliphatic carbocycles. The summed E-state index contributed by atoms with van der Waals surface area (Å²) in [6, 6.07) is 11.8. The first-order valence-electron chi connectivity index (χ1n) is 11.9. The highest BCUT2D eigenvalue weighted by Gasteiger charge is 2.28. The molecule has 2 amide bonds. The van der Waals surface area contributed by atoms with Crippen LogP contribution in [0.2, 0.25) is 0 Å². The van der Waals surface area contributed by atoms with Crippen LogP contribution in [-0.2, 0) is 19.4 Å². The maximum absolute atomic E-state index is 14.0. The zero-order chi connectivity index (χ0) is 29.7. The Morgan fingerprint density at radius 3 is 2.50 bits per heavy atom. The average molecular weight is 669 g/mol. The first-order valence-corrected chi connectivity index (χ1v) is 16.5. The van der Waals surface area contributed by atoms with Crippen LogP contribution in [0.3, 0.4) is 0 Å². The van der Waals surface area contributed by atoms with E-state index >= 15 is 0 Å². The highest BCUT2D eigenvalue weighted by atomic mass is 79.9. The number of aliphatic imine (C=N–C) groups is 1. The number of hydrogen-bond donors (Lipinski definition) is 2. The fourth-order valence-corrected chi connectivity index (χ4v) is 7.85. The van der Waals surface area contributed by atoms with Gasteiger partial charge in [-0.15, -0.1) is 23.1 Å². The van der Waals surface area contributed by atoms with Gasteiger partial charge in [0.1, 0.15) is 21.2 Å². The molecule has 9 nitrogen and oxygen atoms in total. The van der Waals surface area contributed by atoms with Crippen molar-refractivity contribution in [1.82, 2.24) is 5.32 Å². The summed E-state index contributed by atoms with van der Waals surface area (Å²) in [5.74, 6) is -0.0522. The van der Waals surface area contributed by atoms with Crippen LogP contribution < -0.4 is 15.4 Å². The van der Waals surface area contributed by atoms with Crippen molar-refractivity contribution in [2.45, 2.75) is 47.3 Å². The Morgan fingerprint density at radius 2 is 1.88 bits per heavy atom. The lowest BCUT2D eigenvalue weighted by molar-refractivity contribution is -0.113. The van der Waals surface area contributed by atoms with E-state index in [-0.39, 0.29) is 26.8 Å². The fraction of sp³-hybridized carbons (Fsp3) is 0.296. The van der Waals surface area contributed by atoms with Crippen molar-refractivity contribution >= 4 is 77.9 Å². The number of carbonyl (C=O) groups is 2. The van der Waals surface area contributed by atoms with Crippen LogP contribution in [0, 0.1) is 6.92 Å². The SMILES string of the molecule is COc1ccc(-c2c(C)cccc2NC(=O)CBr)cc1S(=O)(=O)c1cc(N=CNC(=O)OC(C)(C)C)sc1SC. The molecule has 2 aromatic carbocycles. The normalized spacial score (nSPS) is 11.9. The molecule has 1 aromatic heterocycles. The molecule has 0 saturated heterocycles. The zero-order valence-electron chi connectivity index (χ0n) is 22.8. The maximum Gasteiger partial charge on any atom is 0.412 e. The van der Waals surface area contributed by atoms with Gasteiger partial charge in [0.2, 0.25) is 15.7 Å². The second kappa shape index (κ2) is 13.2. The molecule has 0 spiro atoms. The van der Waals surface area contributed by atoms with Crippen molar-refractivity contribution in [2.75, 3.05) is 24.0 Å². The third-order valence-electron chi connectivity index (χ3n) is 5.31. The van der Waals surface area contributed by atoms with Crippen molar-refractivity contribution in [2.24, 2.45) is 4.99 Å². The number of thiophene rings is 1. The first kappa shape index (κ1) is 31.7. The van der Waals surface area contributed by atoms with Crippen LogP contribution in [0.25, 0.3) is 11.1 Å². The number of alkyl carbamates (subject to hydrolysis) is 1. The van der Waals surface area contributed by atoms with Gasteiger partial charge in [-0.2, -0.15) is 0 Å². The number of hydrogen-bond acceptors (Lipinski definition) is 9. The number of rotatable bonds is 9. The minimum absolute atomic E-state index is 0.0240. The summed E-state index contributed by atoms with van der Waals surface area (Å²) in [5, 5.41) is 5.78. The predicted octanol–water partition coefficient (Wildman–Crippen LogP) is 6.80. The highest BCUT2D eigenvalue weighted by molar-refractivity contribution is 9.09.